The topological polar surface area (TPSA) is 88.8 Å². The van der Waals surface area contributed by atoms with Gasteiger partial charge in [-0.05, 0) is 55.6 Å². The van der Waals surface area contributed by atoms with Gasteiger partial charge in [-0.3, -0.25) is 4.79 Å². The standard InChI is InChI=1S/C35H35ClFN7O2/c1-21(37)34(45)44-15-14-42(18-23(44)12-13-38)33-31-29(39-35(40-33)43-19-24(20-43)41(2)3)17-27(26-10-6-16-46-32(26)31)25-9-4-7-22-8-5-11-28(36)30(22)25/h4-5,7-9,11,17,23-24H,1,6,10,12,14-16,18-20H2,2-3H3. The van der Waals surface area contributed by atoms with E-state index in [0.29, 0.717) is 42.5 Å². The molecule has 9 nitrogen and oxygen atoms in total. The van der Waals surface area contributed by atoms with Crippen molar-refractivity contribution in [1.82, 2.24) is 19.8 Å². The van der Waals surface area contributed by atoms with Crippen LogP contribution in [0.25, 0.3) is 32.8 Å². The molecular formula is C35H35ClFN7O2. The summed E-state index contributed by atoms with van der Waals surface area (Å²) in [5, 5.41) is 13.2. The second-order valence-electron chi connectivity index (χ2n) is 12.5. The van der Waals surface area contributed by atoms with E-state index in [2.05, 4.69) is 71.8 Å². The molecule has 4 heterocycles. The monoisotopic (exact) mass is 639 g/mol. The van der Waals surface area contributed by atoms with Gasteiger partial charge in [-0.15, -0.1) is 0 Å². The zero-order chi connectivity index (χ0) is 32.1. The van der Waals surface area contributed by atoms with Gasteiger partial charge in [0.25, 0.3) is 5.91 Å². The lowest BCUT2D eigenvalue weighted by Crippen LogP contribution is -2.58. The Morgan fingerprint density at radius 3 is 2.63 bits per heavy atom. The Morgan fingerprint density at radius 2 is 1.89 bits per heavy atom. The molecule has 4 aromatic rings. The molecule has 2 saturated heterocycles. The van der Waals surface area contributed by atoms with Gasteiger partial charge >= 0.3 is 0 Å². The predicted molar refractivity (Wildman–Crippen MR) is 179 cm³/mol. The lowest BCUT2D eigenvalue weighted by molar-refractivity contribution is -0.131. The number of likely N-dealkylation sites (N-methyl/N-ethyl adjacent to an activating group) is 1. The fourth-order valence-electron chi connectivity index (χ4n) is 6.93. The van der Waals surface area contributed by atoms with Crippen LogP contribution in [0.3, 0.4) is 0 Å². The molecule has 7 rings (SSSR count). The first-order valence-corrected chi connectivity index (χ1v) is 16.0. The number of carbonyl (C=O) groups excluding carboxylic acids is 1. The number of ether oxygens (including phenoxy) is 1. The van der Waals surface area contributed by atoms with Crippen molar-refractivity contribution in [3.63, 3.8) is 0 Å². The Kier molecular flexibility index (Phi) is 7.91. The van der Waals surface area contributed by atoms with Gasteiger partial charge in [0.05, 0.1) is 36.0 Å². The summed E-state index contributed by atoms with van der Waals surface area (Å²) in [6.45, 7) is 6.31. The number of carbonyl (C=O) groups is 1. The molecule has 0 spiro atoms. The van der Waals surface area contributed by atoms with E-state index in [9.17, 15) is 14.4 Å². The van der Waals surface area contributed by atoms with E-state index < -0.39 is 17.8 Å². The number of piperazine rings is 1. The third-order valence-corrected chi connectivity index (χ3v) is 9.77. The summed E-state index contributed by atoms with van der Waals surface area (Å²) in [6, 6.07) is 16.4. The van der Waals surface area contributed by atoms with Gasteiger partial charge in [0.1, 0.15) is 11.6 Å². The van der Waals surface area contributed by atoms with E-state index in [-0.39, 0.29) is 13.0 Å². The highest BCUT2D eigenvalue weighted by atomic mass is 35.5. The van der Waals surface area contributed by atoms with Crippen molar-refractivity contribution >= 4 is 50.9 Å². The number of halogens is 2. The van der Waals surface area contributed by atoms with Crippen LogP contribution in [0.4, 0.5) is 16.2 Å². The molecule has 46 heavy (non-hydrogen) atoms. The molecule has 0 bridgehead atoms. The van der Waals surface area contributed by atoms with E-state index in [1.807, 2.05) is 12.1 Å². The highest BCUT2D eigenvalue weighted by molar-refractivity contribution is 6.36. The highest BCUT2D eigenvalue weighted by Gasteiger charge is 2.36. The third kappa shape index (κ3) is 5.17. The van der Waals surface area contributed by atoms with Gasteiger partial charge in [0, 0.05) is 54.7 Å². The van der Waals surface area contributed by atoms with Crippen molar-refractivity contribution in [2.24, 2.45) is 0 Å². The molecule has 0 N–H and O–H groups in total. The molecule has 11 heteroatoms. The van der Waals surface area contributed by atoms with Crippen molar-refractivity contribution in [3.8, 4) is 22.9 Å². The van der Waals surface area contributed by atoms with Crippen molar-refractivity contribution in [2.45, 2.75) is 31.3 Å². The summed E-state index contributed by atoms with van der Waals surface area (Å²) in [6.07, 6.45) is 1.75. The normalized spacial score (nSPS) is 18.3. The summed E-state index contributed by atoms with van der Waals surface area (Å²) in [5.74, 6) is 0.269. The quantitative estimate of drug-likeness (QED) is 0.252. The minimum atomic E-state index is -1.03. The molecule has 1 amide bonds. The van der Waals surface area contributed by atoms with Crippen LogP contribution in [0.1, 0.15) is 18.4 Å². The Bertz CT molecular complexity index is 1910. The van der Waals surface area contributed by atoms with E-state index in [0.717, 1.165) is 70.0 Å². The Balaban J connectivity index is 1.42. The molecule has 1 unspecified atom stereocenters. The molecule has 0 saturated carbocycles. The molecule has 3 aromatic carbocycles. The average Bonchev–Trinajstić information content (AvgIpc) is 3.02. The SMILES string of the molecule is C=C(F)C(=O)N1CCN(c2nc(N3CC(N(C)C)C3)nc3cc(-c4cccc5cccc(Cl)c45)c4c(c23)OCCC4)CC1CC#N. The van der Waals surface area contributed by atoms with Gasteiger partial charge in [0.15, 0.2) is 5.83 Å². The van der Waals surface area contributed by atoms with Crippen LogP contribution < -0.4 is 14.5 Å². The van der Waals surface area contributed by atoms with Gasteiger partial charge in [-0.25, -0.2) is 9.37 Å². The zero-order valence-corrected chi connectivity index (χ0v) is 26.7. The number of fused-ring (bicyclic) bond motifs is 4. The molecule has 236 valence electrons. The largest absolute Gasteiger partial charge is 0.492 e. The number of hydrogen-bond donors (Lipinski definition) is 0. The van der Waals surface area contributed by atoms with Gasteiger partial charge < -0.3 is 24.3 Å². The van der Waals surface area contributed by atoms with Gasteiger partial charge in [0.2, 0.25) is 5.95 Å². The predicted octanol–water partition coefficient (Wildman–Crippen LogP) is 5.59. The average molecular weight is 640 g/mol. The van der Waals surface area contributed by atoms with E-state index >= 15 is 0 Å². The fourth-order valence-corrected chi connectivity index (χ4v) is 7.21. The van der Waals surface area contributed by atoms with Crippen LogP contribution in [-0.4, -0.2) is 91.2 Å². The maximum absolute atomic E-state index is 13.9. The van der Waals surface area contributed by atoms with Gasteiger partial charge in [-0.1, -0.05) is 48.5 Å². The summed E-state index contributed by atoms with van der Waals surface area (Å²) in [5.41, 5.74) is 3.89. The number of nitrogens with zero attached hydrogens (tertiary/aromatic N) is 7. The summed E-state index contributed by atoms with van der Waals surface area (Å²) in [4.78, 5) is 30.8. The number of amides is 1. The first-order chi connectivity index (χ1) is 22.2. The van der Waals surface area contributed by atoms with Crippen molar-refractivity contribution in [3.05, 3.63) is 65.5 Å². The zero-order valence-electron chi connectivity index (χ0n) is 26.0. The molecule has 1 aromatic heterocycles. The van der Waals surface area contributed by atoms with E-state index in [4.69, 9.17) is 26.3 Å². The number of anilines is 2. The minimum Gasteiger partial charge on any atom is -0.492 e. The molecule has 0 radical (unpaired) electrons. The Labute approximate surface area is 272 Å². The van der Waals surface area contributed by atoms with Crippen LogP contribution in [-0.2, 0) is 11.2 Å². The summed E-state index contributed by atoms with van der Waals surface area (Å²) < 4.78 is 20.4. The number of aromatic nitrogens is 2. The second kappa shape index (κ2) is 12.0. The van der Waals surface area contributed by atoms with Gasteiger partial charge in [-0.2, -0.15) is 10.2 Å². The smallest absolute Gasteiger partial charge is 0.282 e. The maximum Gasteiger partial charge on any atom is 0.282 e. The minimum absolute atomic E-state index is 0.0582. The molecule has 0 aliphatic carbocycles. The molecule has 1 atom stereocenters. The van der Waals surface area contributed by atoms with Crippen LogP contribution in [0.15, 0.2) is 54.9 Å². The molecule has 2 fully saturated rings. The molecular weight excluding hydrogens is 605 g/mol. The number of nitriles is 1. The maximum atomic E-state index is 13.9. The van der Waals surface area contributed by atoms with Crippen LogP contribution in [0, 0.1) is 11.3 Å². The van der Waals surface area contributed by atoms with Crippen molar-refractivity contribution < 1.29 is 13.9 Å². The lowest BCUT2D eigenvalue weighted by Gasteiger charge is -2.44. The highest BCUT2D eigenvalue weighted by Crippen LogP contribution is 2.46. The number of benzene rings is 3. The number of hydrogen-bond acceptors (Lipinski definition) is 8. The van der Waals surface area contributed by atoms with E-state index in [1.165, 1.54) is 4.90 Å². The van der Waals surface area contributed by atoms with Crippen LogP contribution in [0.2, 0.25) is 5.02 Å². The lowest BCUT2D eigenvalue weighted by atomic mass is 9.89. The molecule has 3 aliphatic heterocycles. The third-order valence-electron chi connectivity index (χ3n) is 9.45. The Hall–Kier alpha value is -4.46. The second-order valence-corrected chi connectivity index (χ2v) is 12.9. The first kappa shape index (κ1) is 30.2. The molecule has 3 aliphatic rings. The van der Waals surface area contributed by atoms with E-state index in [1.54, 1.807) is 0 Å². The first-order valence-electron chi connectivity index (χ1n) is 15.6. The summed E-state index contributed by atoms with van der Waals surface area (Å²) in [7, 11) is 4.14. The van der Waals surface area contributed by atoms with Crippen molar-refractivity contribution in [2.75, 3.05) is 63.2 Å². The Morgan fingerprint density at radius 1 is 1.11 bits per heavy atom. The fraction of sp³-hybridized carbons (Fsp3) is 0.371. The van der Waals surface area contributed by atoms with Crippen LogP contribution in [0.5, 0.6) is 5.75 Å². The summed E-state index contributed by atoms with van der Waals surface area (Å²) >= 11 is 6.81. The van der Waals surface area contributed by atoms with Crippen LogP contribution >= 0.6 is 11.6 Å². The van der Waals surface area contributed by atoms with Crippen molar-refractivity contribution in [1.29, 1.82) is 5.26 Å². The number of rotatable bonds is 6.